The quantitative estimate of drug-likeness (QED) is 0.194. The van der Waals surface area contributed by atoms with Gasteiger partial charge in [-0.2, -0.15) is 0 Å². The number of fused-ring (bicyclic) bond motifs is 5. The molecule has 150 valence electrons. The summed E-state index contributed by atoms with van der Waals surface area (Å²) in [5.74, 6) is 0. The van der Waals surface area contributed by atoms with E-state index in [2.05, 4.69) is 68.5 Å². The van der Waals surface area contributed by atoms with Crippen LogP contribution in [-0.2, 0) is 17.6 Å². The molecule has 0 aromatic heterocycles. The second-order valence-electron chi connectivity index (χ2n) is 8.26. The number of rotatable bonds is 4. The topological polar surface area (TPSA) is 17.1 Å². The highest BCUT2D eigenvalue weighted by Gasteiger charge is 2.13. The predicted molar refractivity (Wildman–Crippen MR) is 127 cm³/mol. The summed E-state index contributed by atoms with van der Waals surface area (Å²) in [6, 6.07) is 18.0. The molecule has 0 N–H and O–H groups in total. The highest BCUT2D eigenvalue weighted by molar-refractivity contribution is 6.08. The molecule has 0 unspecified atom stereocenters. The zero-order chi connectivity index (χ0) is 20.6. The van der Waals surface area contributed by atoms with E-state index in [4.69, 9.17) is 0 Å². The van der Waals surface area contributed by atoms with Gasteiger partial charge in [-0.05, 0) is 98.0 Å². The van der Waals surface area contributed by atoms with E-state index in [0.717, 1.165) is 24.7 Å². The number of hydrogen-bond acceptors (Lipinski definition) is 1. The minimum atomic E-state index is 0.845. The third-order valence-electron chi connectivity index (χ3n) is 5.70. The molecule has 0 spiro atoms. The van der Waals surface area contributed by atoms with Crippen LogP contribution < -0.4 is 0 Å². The summed E-state index contributed by atoms with van der Waals surface area (Å²) in [6.07, 6.45) is 11.9. The second-order valence-corrected chi connectivity index (χ2v) is 8.26. The van der Waals surface area contributed by atoms with Gasteiger partial charge >= 0.3 is 0 Å². The summed E-state index contributed by atoms with van der Waals surface area (Å²) in [7, 11) is 0. The molecule has 1 nitrogen and oxygen atoms in total. The van der Waals surface area contributed by atoms with Crippen molar-refractivity contribution in [3.05, 3.63) is 83.0 Å². The van der Waals surface area contributed by atoms with E-state index in [1.165, 1.54) is 52.8 Å². The van der Waals surface area contributed by atoms with Gasteiger partial charge in [0.25, 0.3) is 0 Å². The Morgan fingerprint density at radius 3 is 2.41 bits per heavy atom. The van der Waals surface area contributed by atoms with Crippen LogP contribution in [0.15, 0.2) is 71.8 Å². The zero-order valence-corrected chi connectivity index (χ0v) is 18.0. The number of carbonyl (C=O) groups excluding carboxylic acids is 1. The summed E-state index contributed by atoms with van der Waals surface area (Å²) >= 11 is 0. The number of allylic oxidation sites excluding steroid dienone is 4. The second kappa shape index (κ2) is 10.2. The van der Waals surface area contributed by atoms with Crippen molar-refractivity contribution in [2.75, 3.05) is 0 Å². The molecule has 0 saturated carbocycles. The molecule has 4 rings (SSSR count). The average molecular weight is 385 g/mol. The molecule has 1 aliphatic rings. The van der Waals surface area contributed by atoms with Crippen LogP contribution in [0, 0.1) is 0 Å². The third kappa shape index (κ3) is 5.44. The number of aryl methyl sites for hydroxylation is 2. The molecule has 3 aromatic carbocycles. The van der Waals surface area contributed by atoms with Gasteiger partial charge in [0.05, 0.1) is 0 Å². The molecule has 0 bridgehead atoms. The predicted octanol–water partition coefficient (Wildman–Crippen LogP) is 7.75. The molecule has 3 aromatic rings. The van der Waals surface area contributed by atoms with E-state index in [9.17, 15) is 4.79 Å². The summed E-state index contributed by atoms with van der Waals surface area (Å²) in [5.41, 5.74) is 5.66. The molecular formula is C28H32O. The Labute approximate surface area is 175 Å². The lowest BCUT2D eigenvalue weighted by Crippen LogP contribution is -2.02. The van der Waals surface area contributed by atoms with Gasteiger partial charge in [-0.1, -0.05) is 65.8 Å². The van der Waals surface area contributed by atoms with E-state index in [-0.39, 0.29) is 0 Å². The van der Waals surface area contributed by atoms with Crippen molar-refractivity contribution in [3.63, 3.8) is 0 Å². The molecule has 0 amide bonds. The molecule has 0 fully saturated rings. The van der Waals surface area contributed by atoms with Gasteiger partial charge in [0, 0.05) is 0 Å². The number of hydrogen-bond donors (Lipinski definition) is 0. The van der Waals surface area contributed by atoms with Crippen molar-refractivity contribution in [2.24, 2.45) is 0 Å². The van der Waals surface area contributed by atoms with Gasteiger partial charge in [0.1, 0.15) is 6.29 Å². The molecule has 1 heteroatoms. The monoisotopic (exact) mass is 384 g/mol. The lowest BCUT2D eigenvalue weighted by Gasteiger charge is -2.18. The number of carbonyl (C=O) groups is 1. The van der Waals surface area contributed by atoms with Crippen molar-refractivity contribution in [1.82, 2.24) is 0 Å². The molecule has 0 aliphatic heterocycles. The Balaban J connectivity index is 0.000000191. The number of benzene rings is 3. The third-order valence-corrected chi connectivity index (χ3v) is 5.70. The maximum Gasteiger partial charge on any atom is 0.142 e. The Bertz CT molecular complexity index is 1050. The molecule has 29 heavy (non-hydrogen) atoms. The summed E-state index contributed by atoms with van der Waals surface area (Å²) < 4.78 is 0. The van der Waals surface area contributed by atoms with Crippen LogP contribution in [0.3, 0.4) is 0 Å². The summed E-state index contributed by atoms with van der Waals surface area (Å²) in [4.78, 5) is 10.0. The van der Waals surface area contributed by atoms with E-state index in [1.54, 1.807) is 17.2 Å². The standard InChI is InChI=1S/C18H16.C10H16O/c1-3-7-15-13(5-1)9-11-18-16-8-4-2-6-14(16)10-12-17(15)18;1-9(2)5-4-6-10(3)7-8-11/h1,3,5,7,9-12H,2,4,6,8H2;5,7-8H,4,6H2,1-3H3/b;10-7-. The Kier molecular flexibility index (Phi) is 7.41. The first kappa shape index (κ1) is 21.0. The van der Waals surface area contributed by atoms with Crippen LogP contribution in [0.4, 0.5) is 0 Å². The van der Waals surface area contributed by atoms with Crippen LogP contribution in [0.25, 0.3) is 21.5 Å². The van der Waals surface area contributed by atoms with Crippen LogP contribution in [0.1, 0.15) is 57.6 Å². The van der Waals surface area contributed by atoms with Gasteiger partial charge in [0.2, 0.25) is 0 Å². The fourth-order valence-corrected chi connectivity index (χ4v) is 4.13. The maximum atomic E-state index is 10.0. The smallest absolute Gasteiger partial charge is 0.142 e. The SMILES string of the molecule is CC(C)=CCC/C(C)=C\C=O.c1ccc2c(c1)ccc1c3c(ccc12)CCCC3. The van der Waals surface area contributed by atoms with Crippen molar-refractivity contribution in [1.29, 1.82) is 0 Å². The summed E-state index contributed by atoms with van der Waals surface area (Å²) in [5, 5.41) is 5.64. The van der Waals surface area contributed by atoms with Crippen molar-refractivity contribution >= 4 is 27.8 Å². The molecule has 0 heterocycles. The maximum absolute atomic E-state index is 10.0. The zero-order valence-electron chi connectivity index (χ0n) is 18.0. The summed E-state index contributed by atoms with van der Waals surface area (Å²) in [6.45, 7) is 6.14. The lowest BCUT2D eigenvalue weighted by molar-refractivity contribution is -0.104. The molecule has 0 saturated heterocycles. The first-order chi connectivity index (χ1) is 14.1. The van der Waals surface area contributed by atoms with Crippen molar-refractivity contribution < 1.29 is 4.79 Å². The fourth-order valence-electron chi connectivity index (χ4n) is 4.13. The van der Waals surface area contributed by atoms with Gasteiger partial charge in [-0.3, -0.25) is 4.79 Å². The van der Waals surface area contributed by atoms with E-state index in [1.807, 2.05) is 6.92 Å². The van der Waals surface area contributed by atoms with Gasteiger partial charge in [-0.25, -0.2) is 0 Å². The Hall–Kier alpha value is -2.67. The van der Waals surface area contributed by atoms with Crippen LogP contribution in [0.5, 0.6) is 0 Å². The minimum Gasteiger partial charge on any atom is -0.299 e. The average Bonchev–Trinajstić information content (AvgIpc) is 2.73. The highest BCUT2D eigenvalue weighted by atomic mass is 16.1. The first-order valence-corrected chi connectivity index (χ1v) is 10.8. The molecule has 0 atom stereocenters. The largest absolute Gasteiger partial charge is 0.299 e. The molecule has 0 radical (unpaired) electrons. The van der Waals surface area contributed by atoms with E-state index in [0.29, 0.717) is 0 Å². The van der Waals surface area contributed by atoms with Crippen LogP contribution >= 0.6 is 0 Å². The van der Waals surface area contributed by atoms with Crippen molar-refractivity contribution in [3.8, 4) is 0 Å². The Morgan fingerprint density at radius 2 is 1.62 bits per heavy atom. The van der Waals surface area contributed by atoms with Gasteiger partial charge in [-0.15, -0.1) is 0 Å². The molecular weight excluding hydrogens is 352 g/mol. The van der Waals surface area contributed by atoms with Crippen LogP contribution in [-0.4, -0.2) is 6.29 Å². The highest BCUT2D eigenvalue weighted by Crippen LogP contribution is 2.33. The van der Waals surface area contributed by atoms with E-state index < -0.39 is 0 Å². The van der Waals surface area contributed by atoms with Crippen molar-refractivity contribution in [2.45, 2.75) is 59.3 Å². The normalized spacial score (nSPS) is 13.4. The fraction of sp³-hybridized carbons (Fsp3) is 0.321. The van der Waals surface area contributed by atoms with E-state index >= 15 is 0 Å². The van der Waals surface area contributed by atoms with Gasteiger partial charge in [0.15, 0.2) is 0 Å². The number of aldehydes is 1. The lowest BCUT2D eigenvalue weighted by atomic mass is 9.86. The van der Waals surface area contributed by atoms with Gasteiger partial charge < -0.3 is 0 Å². The first-order valence-electron chi connectivity index (χ1n) is 10.8. The molecule has 1 aliphatic carbocycles. The Morgan fingerprint density at radius 1 is 0.862 bits per heavy atom. The van der Waals surface area contributed by atoms with Crippen LogP contribution in [0.2, 0.25) is 0 Å². The minimum absolute atomic E-state index is 0.845.